The number of anilines is 1. The van der Waals surface area contributed by atoms with Crippen LogP contribution in [0.5, 0.6) is 0 Å². The van der Waals surface area contributed by atoms with Crippen LogP contribution >= 0.6 is 11.6 Å². The Bertz CT molecular complexity index is 565. The number of nitrogens with two attached hydrogens (primary N) is 1. The molecule has 0 bridgehead atoms. The fourth-order valence-corrected chi connectivity index (χ4v) is 2.36. The number of hydrogen-bond donors (Lipinski definition) is 1. The fourth-order valence-electron chi connectivity index (χ4n) is 2.20. The van der Waals surface area contributed by atoms with E-state index in [0.29, 0.717) is 17.0 Å². The average Bonchev–Trinajstić information content (AvgIpc) is 2.62. The number of halogens is 2. The minimum atomic E-state index is -0.437. The molecular formula is C13H17ClFN3. The topological polar surface area (TPSA) is 43.8 Å². The molecule has 0 saturated heterocycles. The SMILES string of the molecule is CCCCC(C)n1c(N)nc2cc(Cl)c(F)cc21. The number of unbranched alkanes of at least 4 members (excludes halogenated alkanes) is 1. The summed E-state index contributed by atoms with van der Waals surface area (Å²) in [6.07, 6.45) is 3.23. The van der Waals surface area contributed by atoms with Crippen molar-refractivity contribution in [2.45, 2.75) is 39.2 Å². The van der Waals surface area contributed by atoms with Crippen LogP contribution in [0.4, 0.5) is 10.3 Å². The van der Waals surface area contributed by atoms with E-state index in [0.717, 1.165) is 19.3 Å². The lowest BCUT2D eigenvalue weighted by Gasteiger charge is -2.15. The first-order valence-electron chi connectivity index (χ1n) is 6.17. The maximum Gasteiger partial charge on any atom is 0.201 e. The van der Waals surface area contributed by atoms with E-state index in [1.807, 2.05) is 4.57 Å². The van der Waals surface area contributed by atoms with Crippen LogP contribution in [-0.2, 0) is 0 Å². The van der Waals surface area contributed by atoms with Gasteiger partial charge in [0.05, 0.1) is 16.1 Å². The first-order chi connectivity index (χ1) is 8.54. The number of nitrogen functional groups attached to an aromatic ring is 1. The lowest BCUT2D eigenvalue weighted by atomic mass is 10.1. The fraction of sp³-hybridized carbons (Fsp3) is 0.462. The number of benzene rings is 1. The predicted molar refractivity (Wildman–Crippen MR) is 73.3 cm³/mol. The second-order valence-corrected chi connectivity index (χ2v) is 4.99. The molecule has 98 valence electrons. The van der Waals surface area contributed by atoms with Crippen LogP contribution in [0.15, 0.2) is 12.1 Å². The summed E-state index contributed by atoms with van der Waals surface area (Å²) >= 11 is 5.75. The lowest BCUT2D eigenvalue weighted by molar-refractivity contribution is 0.500. The van der Waals surface area contributed by atoms with Crippen molar-refractivity contribution in [3.05, 3.63) is 23.0 Å². The van der Waals surface area contributed by atoms with Crippen LogP contribution in [0.25, 0.3) is 11.0 Å². The first-order valence-corrected chi connectivity index (χ1v) is 6.54. The van der Waals surface area contributed by atoms with Crippen LogP contribution in [0.2, 0.25) is 5.02 Å². The van der Waals surface area contributed by atoms with Crippen molar-refractivity contribution in [1.82, 2.24) is 9.55 Å². The highest BCUT2D eigenvalue weighted by molar-refractivity contribution is 6.31. The van der Waals surface area contributed by atoms with Gasteiger partial charge in [0.2, 0.25) is 5.95 Å². The van der Waals surface area contributed by atoms with E-state index in [9.17, 15) is 4.39 Å². The molecule has 2 N–H and O–H groups in total. The molecule has 1 aromatic heterocycles. The smallest absolute Gasteiger partial charge is 0.201 e. The quantitative estimate of drug-likeness (QED) is 0.906. The van der Waals surface area contributed by atoms with Gasteiger partial charge in [-0.1, -0.05) is 31.4 Å². The minimum Gasteiger partial charge on any atom is -0.369 e. The Kier molecular flexibility index (Phi) is 3.76. The Morgan fingerprint density at radius 3 is 2.89 bits per heavy atom. The summed E-state index contributed by atoms with van der Waals surface area (Å²) in [6, 6.07) is 3.13. The molecule has 0 aliphatic heterocycles. The molecule has 18 heavy (non-hydrogen) atoms. The second-order valence-electron chi connectivity index (χ2n) is 4.59. The third kappa shape index (κ3) is 2.29. The Morgan fingerprint density at radius 2 is 2.22 bits per heavy atom. The molecule has 1 atom stereocenters. The summed E-state index contributed by atoms with van der Waals surface area (Å²) in [5.74, 6) is -0.0247. The standard InChI is InChI=1S/C13H17ClFN3/c1-3-4-5-8(2)18-12-7-10(15)9(14)6-11(12)17-13(18)16/h6-8H,3-5H2,1-2H3,(H2,16,17). The zero-order chi connectivity index (χ0) is 13.3. The zero-order valence-electron chi connectivity index (χ0n) is 10.6. The molecule has 0 amide bonds. The van der Waals surface area contributed by atoms with E-state index in [-0.39, 0.29) is 11.1 Å². The van der Waals surface area contributed by atoms with Gasteiger partial charge < -0.3 is 10.3 Å². The van der Waals surface area contributed by atoms with E-state index in [1.54, 1.807) is 0 Å². The van der Waals surface area contributed by atoms with Gasteiger partial charge in [-0.05, 0) is 19.4 Å². The summed E-state index contributed by atoms with van der Waals surface area (Å²) in [5, 5.41) is 0.0772. The van der Waals surface area contributed by atoms with Crippen molar-refractivity contribution < 1.29 is 4.39 Å². The maximum atomic E-state index is 13.5. The molecule has 0 spiro atoms. The van der Waals surface area contributed by atoms with E-state index < -0.39 is 5.82 Å². The molecule has 2 aromatic rings. The normalized spacial score (nSPS) is 13.1. The molecule has 0 aliphatic carbocycles. The lowest BCUT2D eigenvalue weighted by Crippen LogP contribution is -2.08. The van der Waals surface area contributed by atoms with E-state index in [1.165, 1.54) is 12.1 Å². The number of aromatic nitrogens is 2. The van der Waals surface area contributed by atoms with Crippen molar-refractivity contribution >= 4 is 28.6 Å². The summed E-state index contributed by atoms with van der Waals surface area (Å²) in [4.78, 5) is 4.23. The molecule has 1 aromatic carbocycles. The summed E-state index contributed by atoms with van der Waals surface area (Å²) in [6.45, 7) is 4.21. The molecule has 1 heterocycles. The number of rotatable bonds is 4. The number of imidazole rings is 1. The van der Waals surface area contributed by atoms with Crippen LogP contribution in [0, 0.1) is 5.82 Å². The zero-order valence-corrected chi connectivity index (χ0v) is 11.3. The maximum absolute atomic E-state index is 13.5. The highest BCUT2D eigenvalue weighted by Crippen LogP contribution is 2.29. The molecule has 0 saturated carbocycles. The van der Waals surface area contributed by atoms with E-state index in [4.69, 9.17) is 17.3 Å². The van der Waals surface area contributed by atoms with Crippen molar-refractivity contribution in [1.29, 1.82) is 0 Å². The second kappa shape index (κ2) is 5.14. The Labute approximate surface area is 111 Å². The molecule has 0 aliphatic rings. The molecule has 0 radical (unpaired) electrons. The first kappa shape index (κ1) is 13.1. The van der Waals surface area contributed by atoms with Crippen molar-refractivity contribution in [2.75, 3.05) is 5.73 Å². The molecule has 1 unspecified atom stereocenters. The largest absolute Gasteiger partial charge is 0.369 e. The Balaban J connectivity index is 2.49. The van der Waals surface area contributed by atoms with Crippen LogP contribution in [0.3, 0.4) is 0 Å². The van der Waals surface area contributed by atoms with Crippen LogP contribution in [0.1, 0.15) is 39.2 Å². The summed E-state index contributed by atoms with van der Waals surface area (Å²) in [5.41, 5.74) is 7.26. The third-order valence-electron chi connectivity index (χ3n) is 3.18. The minimum absolute atomic E-state index is 0.0772. The summed E-state index contributed by atoms with van der Waals surface area (Å²) in [7, 11) is 0. The monoisotopic (exact) mass is 269 g/mol. The number of nitrogens with zero attached hydrogens (tertiary/aromatic N) is 2. The number of hydrogen-bond acceptors (Lipinski definition) is 2. The molecular weight excluding hydrogens is 253 g/mol. The van der Waals surface area contributed by atoms with Crippen LogP contribution in [-0.4, -0.2) is 9.55 Å². The molecule has 3 nitrogen and oxygen atoms in total. The van der Waals surface area contributed by atoms with Gasteiger partial charge >= 0.3 is 0 Å². The van der Waals surface area contributed by atoms with Gasteiger partial charge in [0.15, 0.2) is 0 Å². The average molecular weight is 270 g/mol. The van der Waals surface area contributed by atoms with Crippen LogP contribution < -0.4 is 5.73 Å². The highest BCUT2D eigenvalue weighted by atomic mass is 35.5. The van der Waals surface area contributed by atoms with Gasteiger partial charge in [-0.3, -0.25) is 0 Å². The van der Waals surface area contributed by atoms with Gasteiger partial charge in [-0.15, -0.1) is 0 Å². The third-order valence-corrected chi connectivity index (χ3v) is 3.46. The van der Waals surface area contributed by atoms with E-state index in [2.05, 4.69) is 18.8 Å². The van der Waals surface area contributed by atoms with E-state index >= 15 is 0 Å². The molecule has 0 fully saturated rings. The van der Waals surface area contributed by atoms with Gasteiger partial charge in [-0.25, -0.2) is 9.37 Å². The van der Waals surface area contributed by atoms with Crippen molar-refractivity contribution in [2.24, 2.45) is 0 Å². The molecule has 5 heteroatoms. The summed E-state index contributed by atoms with van der Waals surface area (Å²) < 4.78 is 15.4. The Hall–Kier alpha value is -1.29. The highest BCUT2D eigenvalue weighted by Gasteiger charge is 2.15. The Morgan fingerprint density at radius 1 is 1.50 bits per heavy atom. The van der Waals surface area contributed by atoms with Crippen molar-refractivity contribution in [3.8, 4) is 0 Å². The molecule has 2 rings (SSSR count). The van der Waals surface area contributed by atoms with Crippen molar-refractivity contribution in [3.63, 3.8) is 0 Å². The van der Waals surface area contributed by atoms with Gasteiger partial charge in [-0.2, -0.15) is 0 Å². The van der Waals surface area contributed by atoms with Gasteiger partial charge in [0.25, 0.3) is 0 Å². The predicted octanol–water partition coefficient (Wildman–Crippen LogP) is 4.16. The van der Waals surface area contributed by atoms with Gasteiger partial charge in [0.1, 0.15) is 5.82 Å². The number of fused-ring (bicyclic) bond motifs is 1. The van der Waals surface area contributed by atoms with Gasteiger partial charge in [0, 0.05) is 12.1 Å².